The highest BCUT2D eigenvalue weighted by atomic mass is 16.5. The Bertz CT molecular complexity index is 434. The van der Waals surface area contributed by atoms with Gasteiger partial charge in [0.05, 0.1) is 18.6 Å². The minimum Gasteiger partial charge on any atom is -0.496 e. The van der Waals surface area contributed by atoms with E-state index in [1.807, 2.05) is 45.0 Å². The maximum absolute atomic E-state index is 11.4. The molecule has 1 unspecified atom stereocenters. The van der Waals surface area contributed by atoms with E-state index in [0.29, 0.717) is 19.4 Å². The quantitative estimate of drug-likeness (QED) is 0.833. The van der Waals surface area contributed by atoms with Gasteiger partial charge in [0.15, 0.2) is 0 Å². The van der Waals surface area contributed by atoms with Gasteiger partial charge in [0, 0.05) is 6.61 Å². The third-order valence-corrected chi connectivity index (χ3v) is 3.01. The van der Waals surface area contributed by atoms with Crippen molar-refractivity contribution in [3.05, 3.63) is 29.8 Å². The number of carbonyl (C=O) groups is 1. The van der Waals surface area contributed by atoms with E-state index in [2.05, 4.69) is 0 Å². The molecule has 1 N–H and O–H groups in total. The van der Waals surface area contributed by atoms with Crippen LogP contribution < -0.4 is 4.74 Å². The summed E-state index contributed by atoms with van der Waals surface area (Å²) in [5.74, 6) is -0.530. The minimum absolute atomic E-state index is 0.243. The Balaban J connectivity index is 2.65. The molecule has 0 aliphatic carbocycles. The fraction of sp³-hybridized carbons (Fsp3) is 0.562. The van der Waals surface area contributed by atoms with E-state index >= 15 is 0 Å². The van der Waals surface area contributed by atoms with Gasteiger partial charge in [0.2, 0.25) is 0 Å². The van der Waals surface area contributed by atoms with Crippen molar-refractivity contribution in [2.45, 2.75) is 39.2 Å². The molecule has 0 aliphatic heterocycles. The number of ether oxygens (including phenoxy) is 2. The highest BCUT2D eigenvalue weighted by Gasteiger charge is 2.21. The molecule has 1 rings (SSSR count). The summed E-state index contributed by atoms with van der Waals surface area (Å²) >= 11 is 0. The van der Waals surface area contributed by atoms with Gasteiger partial charge in [-0.15, -0.1) is 0 Å². The Hall–Kier alpha value is -1.55. The molecule has 0 amide bonds. The van der Waals surface area contributed by atoms with Crippen LogP contribution >= 0.6 is 0 Å². The van der Waals surface area contributed by atoms with E-state index in [9.17, 15) is 9.90 Å². The van der Waals surface area contributed by atoms with Crippen molar-refractivity contribution in [1.29, 1.82) is 0 Å². The number of rotatable bonds is 7. The van der Waals surface area contributed by atoms with E-state index in [4.69, 9.17) is 9.47 Å². The van der Waals surface area contributed by atoms with Crippen LogP contribution in [-0.2, 0) is 16.0 Å². The molecule has 0 radical (unpaired) electrons. The summed E-state index contributed by atoms with van der Waals surface area (Å²) < 4.78 is 10.9. The van der Waals surface area contributed by atoms with Crippen molar-refractivity contribution in [2.24, 2.45) is 5.92 Å². The first-order chi connectivity index (χ1) is 9.33. The van der Waals surface area contributed by atoms with Gasteiger partial charge in [-0.25, -0.2) is 0 Å². The molecule has 112 valence electrons. The molecule has 1 aromatic rings. The van der Waals surface area contributed by atoms with Crippen molar-refractivity contribution >= 4 is 5.97 Å². The molecular weight excluding hydrogens is 256 g/mol. The summed E-state index contributed by atoms with van der Waals surface area (Å²) in [4.78, 5) is 11.4. The number of methoxy groups -OCH3 is 1. The first kappa shape index (κ1) is 16.5. The lowest BCUT2D eigenvalue weighted by Crippen LogP contribution is -2.24. The van der Waals surface area contributed by atoms with Crippen molar-refractivity contribution in [3.63, 3.8) is 0 Å². The molecule has 0 spiro atoms. The minimum atomic E-state index is -0.798. The molecule has 4 nitrogen and oxygen atoms in total. The summed E-state index contributed by atoms with van der Waals surface area (Å²) in [7, 11) is 1.59. The highest BCUT2D eigenvalue weighted by Crippen LogP contribution is 2.23. The SMILES string of the molecule is COc1ccccc1CC(CCOC(C)(C)C)C(=O)O. The zero-order valence-corrected chi connectivity index (χ0v) is 12.7. The highest BCUT2D eigenvalue weighted by molar-refractivity contribution is 5.70. The van der Waals surface area contributed by atoms with E-state index in [0.717, 1.165) is 11.3 Å². The van der Waals surface area contributed by atoms with Gasteiger partial charge in [-0.05, 0) is 45.2 Å². The monoisotopic (exact) mass is 280 g/mol. The summed E-state index contributed by atoms with van der Waals surface area (Å²) in [6, 6.07) is 7.52. The molecule has 0 saturated heterocycles. The van der Waals surface area contributed by atoms with E-state index in [1.165, 1.54) is 0 Å². The van der Waals surface area contributed by atoms with E-state index in [1.54, 1.807) is 7.11 Å². The third kappa shape index (κ3) is 5.61. The van der Waals surface area contributed by atoms with Gasteiger partial charge in [0.25, 0.3) is 0 Å². The van der Waals surface area contributed by atoms with Crippen LogP contribution in [-0.4, -0.2) is 30.4 Å². The fourth-order valence-corrected chi connectivity index (χ4v) is 1.96. The van der Waals surface area contributed by atoms with Crippen molar-refractivity contribution in [2.75, 3.05) is 13.7 Å². The zero-order chi connectivity index (χ0) is 15.2. The molecule has 0 fully saturated rings. The van der Waals surface area contributed by atoms with Crippen LogP contribution in [0.5, 0.6) is 5.75 Å². The van der Waals surface area contributed by atoms with E-state index in [-0.39, 0.29) is 5.60 Å². The number of carboxylic acids is 1. The standard InChI is InChI=1S/C16H24O4/c1-16(2,3)20-10-9-13(15(17)18)11-12-7-5-6-8-14(12)19-4/h5-8,13H,9-11H2,1-4H3,(H,17,18). The Morgan fingerprint density at radius 3 is 2.50 bits per heavy atom. The van der Waals surface area contributed by atoms with Gasteiger partial charge in [-0.1, -0.05) is 18.2 Å². The summed E-state index contributed by atoms with van der Waals surface area (Å²) in [5.41, 5.74) is 0.672. The van der Waals surface area contributed by atoms with Crippen LogP contribution in [0.3, 0.4) is 0 Å². The molecule has 4 heteroatoms. The number of aliphatic carboxylic acids is 1. The maximum Gasteiger partial charge on any atom is 0.306 e. The molecule has 0 aliphatic rings. The third-order valence-electron chi connectivity index (χ3n) is 3.01. The van der Waals surface area contributed by atoms with Crippen LogP contribution in [0.4, 0.5) is 0 Å². The molecule has 20 heavy (non-hydrogen) atoms. The van der Waals surface area contributed by atoms with Crippen LogP contribution in [0.25, 0.3) is 0 Å². The second-order valence-electron chi connectivity index (χ2n) is 5.80. The predicted octanol–water partition coefficient (Wildman–Crippen LogP) is 3.14. The lowest BCUT2D eigenvalue weighted by atomic mass is 9.96. The summed E-state index contributed by atoms with van der Waals surface area (Å²) in [6.45, 7) is 6.32. The lowest BCUT2D eigenvalue weighted by molar-refractivity contribution is -0.142. The normalized spacial score (nSPS) is 13.0. The smallest absolute Gasteiger partial charge is 0.306 e. The number of hydrogen-bond acceptors (Lipinski definition) is 3. The maximum atomic E-state index is 11.4. The molecule has 0 bridgehead atoms. The van der Waals surface area contributed by atoms with Crippen LogP contribution in [0.15, 0.2) is 24.3 Å². The summed E-state index contributed by atoms with van der Waals surface area (Å²) in [5, 5.41) is 9.33. The average Bonchev–Trinajstić information content (AvgIpc) is 2.36. The van der Waals surface area contributed by atoms with Crippen molar-refractivity contribution in [3.8, 4) is 5.75 Å². The fourth-order valence-electron chi connectivity index (χ4n) is 1.96. The van der Waals surface area contributed by atoms with Gasteiger partial charge in [0.1, 0.15) is 5.75 Å². The molecule has 0 saturated carbocycles. The first-order valence-electron chi connectivity index (χ1n) is 6.82. The zero-order valence-electron chi connectivity index (χ0n) is 12.7. The van der Waals surface area contributed by atoms with Crippen molar-refractivity contribution in [1.82, 2.24) is 0 Å². The van der Waals surface area contributed by atoms with Gasteiger partial charge < -0.3 is 14.6 Å². The molecule has 1 aromatic carbocycles. The second kappa shape index (κ2) is 7.29. The lowest BCUT2D eigenvalue weighted by Gasteiger charge is -2.21. The first-order valence-corrected chi connectivity index (χ1v) is 6.82. The topological polar surface area (TPSA) is 55.8 Å². The number of hydrogen-bond donors (Lipinski definition) is 1. The number of para-hydroxylation sites is 1. The van der Waals surface area contributed by atoms with Crippen LogP contribution in [0, 0.1) is 5.92 Å². The molecule has 1 atom stereocenters. The van der Waals surface area contributed by atoms with Crippen LogP contribution in [0.2, 0.25) is 0 Å². The number of benzene rings is 1. The average molecular weight is 280 g/mol. The Morgan fingerprint density at radius 1 is 1.30 bits per heavy atom. The largest absolute Gasteiger partial charge is 0.496 e. The van der Waals surface area contributed by atoms with Gasteiger partial charge in [-0.3, -0.25) is 4.79 Å². The molecule has 0 aromatic heterocycles. The molecular formula is C16H24O4. The van der Waals surface area contributed by atoms with E-state index < -0.39 is 11.9 Å². The molecule has 0 heterocycles. The number of carboxylic acid groups (broad SMARTS) is 1. The Kier molecular flexibility index (Phi) is 6.02. The second-order valence-corrected chi connectivity index (χ2v) is 5.80. The van der Waals surface area contributed by atoms with Gasteiger partial charge in [-0.2, -0.15) is 0 Å². The Labute approximate surface area is 120 Å². The Morgan fingerprint density at radius 2 is 1.95 bits per heavy atom. The van der Waals surface area contributed by atoms with Gasteiger partial charge >= 0.3 is 5.97 Å². The van der Waals surface area contributed by atoms with Crippen molar-refractivity contribution < 1.29 is 19.4 Å². The van der Waals surface area contributed by atoms with Crippen LogP contribution in [0.1, 0.15) is 32.8 Å². The predicted molar refractivity (Wildman–Crippen MR) is 78.1 cm³/mol. The summed E-state index contributed by atoms with van der Waals surface area (Å²) in [6.07, 6.45) is 0.942.